The third kappa shape index (κ3) is 6.19. The molecule has 1 aromatic carbocycles. The number of hydrogen-bond donors (Lipinski definition) is 0. The van der Waals surface area contributed by atoms with Gasteiger partial charge in [0.25, 0.3) is 0 Å². The maximum Gasteiger partial charge on any atom is 0.246 e. The lowest BCUT2D eigenvalue weighted by Crippen LogP contribution is -2.44. The predicted molar refractivity (Wildman–Crippen MR) is 138 cm³/mol. The molecule has 3 atom stereocenters. The van der Waals surface area contributed by atoms with Gasteiger partial charge in [-0.3, -0.25) is 24.5 Å². The monoisotopic (exact) mass is 511 g/mol. The van der Waals surface area contributed by atoms with Gasteiger partial charge in [-0.2, -0.15) is 0 Å². The number of para-hydroxylation sites is 1. The molecule has 3 unspecified atom stereocenters. The number of likely N-dealkylation sites (tertiary alicyclic amines) is 2. The lowest BCUT2D eigenvalue weighted by molar-refractivity contribution is -0.490. The largest absolute Gasteiger partial charge is 0.493 e. The third-order valence-corrected chi connectivity index (χ3v) is 8.49. The highest BCUT2D eigenvalue weighted by Gasteiger charge is 2.46. The van der Waals surface area contributed by atoms with Crippen molar-refractivity contribution in [3.63, 3.8) is 0 Å². The van der Waals surface area contributed by atoms with Gasteiger partial charge in [-0.15, -0.1) is 0 Å². The number of piperidine rings is 1. The Bertz CT molecular complexity index is 1060. The fourth-order valence-electron chi connectivity index (χ4n) is 6.25. The Hall–Kier alpha value is -3.23. The van der Waals surface area contributed by atoms with Crippen LogP contribution >= 0.6 is 0 Å². The first-order valence-electron chi connectivity index (χ1n) is 13.3. The number of carbonyl (C=O) groups is 3. The first-order valence-corrected chi connectivity index (χ1v) is 13.3. The molecule has 1 saturated carbocycles. The molecule has 2 heterocycles. The minimum absolute atomic E-state index is 0.00899. The summed E-state index contributed by atoms with van der Waals surface area (Å²) < 4.78 is 5.63. The summed E-state index contributed by atoms with van der Waals surface area (Å²) in [7, 11) is 0. The van der Waals surface area contributed by atoms with E-state index in [4.69, 9.17) is 4.74 Å². The molecule has 0 bridgehead atoms. The summed E-state index contributed by atoms with van der Waals surface area (Å²) in [5.41, 5.74) is 0.858. The van der Waals surface area contributed by atoms with Crippen molar-refractivity contribution < 1.29 is 24.0 Å². The van der Waals surface area contributed by atoms with Crippen molar-refractivity contribution in [3.05, 3.63) is 46.0 Å². The SMILES string of the molecule is CCOc1ccccc1C=CC(=O)N1CCC2(CC1)CCN(C(=O)CC1C(=O)CC(C)C1C[N+](=O)[O-])C2. The Balaban J connectivity index is 1.29. The summed E-state index contributed by atoms with van der Waals surface area (Å²) in [6.07, 6.45) is 6.31. The summed E-state index contributed by atoms with van der Waals surface area (Å²) in [6.45, 7) is 6.63. The topological polar surface area (TPSA) is 110 Å². The first-order chi connectivity index (χ1) is 17.7. The molecular formula is C28H37N3O6. The van der Waals surface area contributed by atoms with E-state index in [1.807, 2.05) is 47.9 Å². The van der Waals surface area contributed by atoms with Crippen LogP contribution in [0.15, 0.2) is 30.3 Å². The highest BCUT2D eigenvalue weighted by molar-refractivity contribution is 5.92. The molecule has 0 radical (unpaired) electrons. The van der Waals surface area contributed by atoms with Gasteiger partial charge in [0.05, 0.1) is 6.61 Å². The molecule has 1 spiro atoms. The quantitative estimate of drug-likeness (QED) is 0.300. The Morgan fingerprint density at radius 3 is 2.51 bits per heavy atom. The average molecular weight is 512 g/mol. The fraction of sp³-hybridized carbons (Fsp3) is 0.607. The average Bonchev–Trinajstić information content (AvgIpc) is 3.39. The summed E-state index contributed by atoms with van der Waals surface area (Å²) in [5, 5.41) is 11.1. The van der Waals surface area contributed by atoms with Crippen LogP contribution in [0.3, 0.4) is 0 Å². The zero-order chi connectivity index (χ0) is 26.6. The van der Waals surface area contributed by atoms with Crippen LogP contribution < -0.4 is 4.74 Å². The van der Waals surface area contributed by atoms with E-state index in [0.717, 1.165) is 30.6 Å². The highest BCUT2D eigenvalue weighted by Crippen LogP contribution is 2.42. The van der Waals surface area contributed by atoms with Crippen LogP contribution in [0.5, 0.6) is 5.75 Å². The molecule has 200 valence electrons. The van der Waals surface area contributed by atoms with Gasteiger partial charge >= 0.3 is 0 Å². The third-order valence-electron chi connectivity index (χ3n) is 8.49. The van der Waals surface area contributed by atoms with Gasteiger partial charge in [0.15, 0.2) is 0 Å². The van der Waals surface area contributed by atoms with Crippen LogP contribution in [0.4, 0.5) is 0 Å². The number of nitrogens with zero attached hydrogens (tertiary/aromatic N) is 3. The molecule has 9 nitrogen and oxygen atoms in total. The zero-order valence-corrected chi connectivity index (χ0v) is 21.8. The first kappa shape index (κ1) is 26.8. The minimum Gasteiger partial charge on any atom is -0.493 e. The van der Waals surface area contributed by atoms with Gasteiger partial charge in [-0.1, -0.05) is 25.1 Å². The highest BCUT2D eigenvalue weighted by atomic mass is 16.6. The number of amides is 2. The Kier molecular flexibility index (Phi) is 8.29. The predicted octanol–water partition coefficient (Wildman–Crippen LogP) is 3.45. The van der Waals surface area contributed by atoms with Gasteiger partial charge in [-0.25, -0.2) is 0 Å². The van der Waals surface area contributed by atoms with Crippen molar-refractivity contribution in [2.75, 3.05) is 39.3 Å². The maximum absolute atomic E-state index is 13.1. The molecule has 0 aromatic heterocycles. The normalized spacial score (nSPS) is 25.2. The van der Waals surface area contributed by atoms with Gasteiger partial charge < -0.3 is 14.5 Å². The van der Waals surface area contributed by atoms with Crippen LogP contribution in [0.1, 0.15) is 51.5 Å². The molecule has 1 aliphatic carbocycles. The van der Waals surface area contributed by atoms with Crippen LogP contribution in [-0.2, 0) is 14.4 Å². The smallest absolute Gasteiger partial charge is 0.246 e. The maximum atomic E-state index is 13.1. The Labute approximate surface area is 218 Å². The molecule has 2 saturated heterocycles. The molecule has 2 aliphatic heterocycles. The number of ether oxygens (including phenoxy) is 1. The van der Waals surface area contributed by atoms with Crippen molar-refractivity contribution >= 4 is 23.7 Å². The minimum atomic E-state index is -0.552. The van der Waals surface area contributed by atoms with E-state index in [0.29, 0.717) is 39.2 Å². The lowest BCUT2D eigenvalue weighted by Gasteiger charge is -2.39. The van der Waals surface area contributed by atoms with E-state index < -0.39 is 5.92 Å². The van der Waals surface area contributed by atoms with Crippen molar-refractivity contribution in [2.45, 2.75) is 46.0 Å². The Morgan fingerprint density at radius 2 is 1.84 bits per heavy atom. The van der Waals surface area contributed by atoms with Crippen LogP contribution in [-0.4, -0.2) is 71.7 Å². The summed E-state index contributed by atoms with van der Waals surface area (Å²) in [6, 6.07) is 7.62. The van der Waals surface area contributed by atoms with Gasteiger partial charge in [0.1, 0.15) is 11.5 Å². The number of benzene rings is 1. The van der Waals surface area contributed by atoms with E-state index in [1.165, 1.54) is 0 Å². The molecular weight excluding hydrogens is 474 g/mol. The van der Waals surface area contributed by atoms with Crippen molar-refractivity contribution in [2.24, 2.45) is 23.2 Å². The second kappa shape index (κ2) is 11.4. The van der Waals surface area contributed by atoms with Gasteiger partial charge in [0.2, 0.25) is 18.4 Å². The number of hydrogen-bond acceptors (Lipinski definition) is 6. The second-order valence-electron chi connectivity index (χ2n) is 10.8. The van der Waals surface area contributed by atoms with Crippen LogP contribution in [0, 0.1) is 33.3 Å². The number of Topliss-reactive ketones (excluding diaryl/α,β-unsaturated/α-hetero) is 1. The van der Waals surface area contributed by atoms with Crippen molar-refractivity contribution in [3.8, 4) is 5.75 Å². The second-order valence-corrected chi connectivity index (χ2v) is 10.8. The molecule has 3 aliphatic rings. The van der Waals surface area contributed by atoms with E-state index in [9.17, 15) is 24.5 Å². The van der Waals surface area contributed by atoms with Crippen molar-refractivity contribution in [1.82, 2.24) is 9.80 Å². The zero-order valence-electron chi connectivity index (χ0n) is 21.8. The number of carbonyl (C=O) groups excluding carboxylic acids is 3. The molecule has 3 fully saturated rings. The number of rotatable bonds is 8. The van der Waals surface area contributed by atoms with Crippen LogP contribution in [0.2, 0.25) is 0 Å². The van der Waals surface area contributed by atoms with E-state index in [1.54, 1.807) is 12.2 Å². The lowest BCUT2D eigenvalue weighted by atomic mass is 9.77. The summed E-state index contributed by atoms with van der Waals surface area (Å²) >= 11 is 0. The van der Waals surface area contributed by atoms with Gasteiger partial charge in [-0.05, 0) is 49.7 Å². The Morgan fingerprint density at radius 1 is 1.16 bits per heavy atom. The molecule has 9 heteroatoms. The number of ketones is 1. The van der Waals surface area contributed by atoms with E-state index in [2.05, 4.69) is 0 Å². The van der Waals surface area contributed by atoms with E-state index >= 15 is 0 Å². The standard InChI is InChI=1S/C28H37N3O6/c1-3-37-25-7-5-4-6-21(25)8-9-26(33)29-13-10-28(11-14-29)12-15-30(19-28)27(34)17-22-23(18-31(35)36)20(2)16-24(22)32/h4-9,20,22-23H,3,10-19H2,1-2H3. The number of nitro groups is 1. The van der Waals surface area contributed by atoms with Crippen LogP contribution in [0.25, 0.3) is 6.08 Å². The van der Waals surface area contributed by atoms with Crippen molar-refractivity contribution in [1.29, 1.82) is 0 Å². The molecule has 2 amide bonds. The molecule has 0 N–H and O–H groups in total. The fourth-order valence-corrected chi connectivity index (χ4v) is 6.25. The van der Waals surface area contributed by atoms with Gasteiger partial charge in [0, 0.05) is 67.4 Å². The van der Waals surface area contributed by atoms with E-state index in [-0.39, 0.29) is 52.7 Å². The molecule has 1 aromatic rings. The summed E-state index contributed by atoms with van der Waals surface area (Å²) in [5.74, 6) is -0.366. The molecule has 4 rings (SSSR count). The summed E-state index contributed by atoms with van der Waals surface area (Å²) in [4.78, 5) is 52.8. The molecule has 37 heavy (non-hydrogen) atoms.